The molecule has 10 nitrogen and oxygen atoms in total. The van der Waals surface area contributed by atoms with Gasteiger partial charge in [-0.25, -0.2) is 8.42 Å². The fourth-order valence-corrected chi connectivity index (χ4v) is 6.35. The summed E-state index contributed by atoms with van der Waals surface area (Å²) in [5.74, 6) is 0.0952. The summed E-state index contributed by atoms with van der Waals surface area (Å²) in [5, 5.41) is 17.0. The topological polar surface area (TPSA) is 117 Å². The molecule has 1 saturated carbocycles. The van der Waals surface area contributed by atoms with Gasteiger partial charge in [0.15, 0.2) is 0 Å². The zero-order chi connectivity index (χ0) is 28.3. The van der Waals surface area contributed by atoms with Crippen LogP contribution in [0.25, 0.3) is 5.69 Å². The smallest absolute Gasteiger partial charge is 0.316 e. The Balaban J connectivity index is 1.32. The largest absolute Gasteiger partial charge is 0.486 e. The molecule has 2 aromatic carbocycles. The number of hydrogen-bond acceptors (Lipinski definition) is 8. The van der Waals surface area contributed by atoms with Crippen molar-refractivity contribution in [3.8, 4) is 11.4 Å². The summed E-state index contributed by atoms with van der Waals surface area (Å²) in [7, 11) is -3.56. The SMILES string of the molecule is CC1(COc2c(N3CCN(S(=O)(=O)Cc4cccc(NCCO)c4)CC3)cnn(-c3cccc(Cl)c3)c2=O)CC1. The first-order valence-electron chi connectivity index (χ1n) is 13.3. The normalized spacial score (nSPS) is 17.0. The number of anilines is 2. The number of benzene rings is 2. The van der Waals surface area contributed by atoms with Crippen LogP contribution in [0.15, 0.2) is 59.5 Å². The number of rotatable bonds is 11. The van der Waals surface area contributed by atoms with E-state index in [2.05, 4.69) is 17.3 Å². The van der Waals surface area contributed by atoms with Crippen molar-refractivity contribution < 1.29 is 18.3 Å². The van der Waals surface area contributed by atoms with Gasteiger partial charge < -0.3 is 20.1 Å². The second kappa shape index (κ2) is 11.8. The second-order valence-corrected chi connectivity index (χ2v) is 13.1. The third-order valence-electron chi connectivity index (χ3n) is 7.33. The molecule has 1 saturated heterocycles. The number of hydrogen-bond donors (Lipinski definition) is 2. The molecule has 12 heteroatoms. The van der Waals surface area contributed by atoms with E-state index >= 15 is 0 Å². The van der Waals surface area contributed by atoms with Crippen LogP contribution in [0, 0.1) is 5.41 Å². The van der Waals surface area contributed by atoms with Gasteiger partial charge in [0.25, 0.3) is 0 Å². The number of sulfonamides is 1. The summed E-state index contributed by atoms with van der Waals surface area (Å²) in [6.45, 7) is 4.28. The summed E-state index contributed by atoms with van der Waals surface area (Å²) in [5.41, 5.74) is 2.22. The minimum Gasteiger partial charge on any atom is -0.486 e. The third-order valence-corrected chi connectivity index (χ3v) is 9.41. The van der Waals surface area contributed by atoms with Gasteiger partial charge in [-0.2, -0.15) is 14.1 Å². The molecule has 0 bridgehead atoms. The predicted molar refractivity (Wildman–Crippen MR) is 156 cm³/mol. The van der Waals surface area contributed by atoms with Gasteiger partial charge in [-0.05, 0) is 48.7 Å². The van der Waals surface area contributed by atoms with Crippen LogP contribution >= 0.6 is 11.6 Å². The Labute approximate surface area is 239 Å². The van der Waals surface area contributed by atoms with E-state index in [0.717, 1.165) is 18.5 Å². The first-order valence-corrected chi connectivity index (χ1v) is 15.3. The quantitative estimate of drug-likeness (QED) is 0.351. The highest BCUT2D eigenvalue weighted by molar-refractivity contribution is 7.88. The predicted octanol–water partition coefficient (Wildman–Crippen LogP) is 3.12. The first-order chi connectivity index (χ1) is 19.2. The van der Waals surface area contributed by atoms with E-state index in [9.17, 15) is 13.2 Å². The number of nitrogens with zero attached hydrogens (tertiary/aromatic N) is 4. The number of aliphatic hydroxyl groups is 1. The Kier molecular flexibility index (Phi) is 8.37. The number of ether oxygens (including phenoxy) is 1. The summed E-state index contributed by atoms with van der Waals surface area (Å²) in [6, 6.07) is 14.1. The number of piperazine rings is 1. The summed E-state index contributed by atoms with van der Waals surface area (Å²) >= 11 is 6.15. The summed E-state index contributed by atoms with van der Waals surface area (Å²) in [4.78, 5) is 15.5. The molecule has 2 heterocycles. The van der Waals surface area contributed by atoms with Gasteiger partial charge in [-0.1, -0.05) is 36.7 Å². The van der Waals surface area contributed by atoms with Crippen molar-refractivity contribution in [2.24, 2.45) is 5.41 Å². The molecule has 0 radical (unpaired) electrons. The van der Waals surface area contributed by atoms with Crippen molar-refractivity contribution in [2.75, 3.05) is 56.2 Å². The van der Waals surface area contributed by atoms with Gasteiger partial charge in [-0.3, -0.25) is 4.79 Å². The van der Waals surface area contributed by atoms with E-state index in [0.29, 0.717) is 48.2 Å². The van der Waals surface area contributed by atoms with Crippen molar-refractivity contribution in [1.82, 2.24) is 14.1 Å². The molecule has 5 rings (SSSR count). The Bertz CT molecular complexity index is 1520. The fraction of sp³-hybridized carbons (Fsp3) is 0.429. The maximum Gasteiger partial charge on any atom is 0.316 e. The number of aliphatic hydroxyl groups excluding tert-OH is 1. The molecule has 3 aromatic rings. The molecule has 2 N–H and O–H groups in total. The van der Waals surface area contributed by atoms with E-state index < -0.39 is 10.0 Å². The average Bonchev–Trinajstić information content (AvgIpc) is 3.68. The van der Waals surface area contributed by atoms with Crippen LogP contribution in [0.3, 0.4) is 0 Å². The van der Waals surface area contributed by atoms with Crippen LogP contribution in [-0.4, -0.2) is 73.5 Å². The molecule has 2 aliphatic rings. The highest BCUT2D eigenvalue weighted by Crippen LogP contribution is 2.45. The molecule has 1 aliphatic carbocycles. The molecule has 0 unspecified atom stereocenters. The first kappa shape index (κ1) is 28.4. The fourth-order valence-electron chi connectivity index (χ4n) is 4.67. The van der Waals surface area contributed by atoms with Crippen LogP contribution < -0.4 is 20.5 Å². The molecular weight excluding hydrogens is 554 g/mol. The molecule has 1 aliphatic heterocycles. The Hall–Kier alpha value is -3.12. The minimum absolute atomic E-state index is 0.00967. The van der Waals surface area contributed by atoms with E-state index in [-0.39, 0.29) is 42.2 Å². The Morgan fingerprint density at radius 1 is 1.10 bits per heavy atom. The monoisotopic (exact) mass is 587 g/mol. The number of aromatic nitrogens is 2. The average molecular weight is 588 g/mol. The van der Waals surface area contributed by atoms with E-state index in [1.807, 2.05) is 11.0 Å². The van der Waals surface area contributed by atoms with Crippen molar-refractivity contribution in [1.29, 1.82) is 0 Å². The number of halogens is 1. The van der Waals surface area contributed by atoms with Crippen LogP contribution in [0.1, 0.15) is 25.3 Å². The Morgan fingerprint density at radius 3 is 2.55 bits per heavy atom. The zero-order valence-electron chi connectivity index (χ0n) is 22.4. The van der Waals surface area contributed by atoms with E-state index in [4.69, 9.17) is 21.4 Å². The van der Waals surface area contributed by atoms with Crippen LogP contribution in [0.2, 0.25) is 5.02 Å². The molecule has 1 aromatic heterocycles. The van der Waals surface area contributed by atoms with Crippen LogP contribution in [-0.2, 0) is 15.8 Å². The van der Waals surface area contributed by atoms with Crippen molar-refractivity contribution >= 4 is 33.0 Å². The Morgan fingerprint density at radius 2 is 1.85 bits per heavy atom. The zero-order valence-corrected chi connectivity index (χ0v) is 24.0. The van der Waals surface area contributed by atoms with Crippen LogP contribution in [0.4, 0.5) is 11.4 Å². The lowest BCUT2D eigenvalue weighted by Gasteiger charge is -2.35. The van der Waals surface area contributed by atoms with Crippen molar-refractivity contribution in [3.05, 3.63) is 75.7 Å². The minimum atomic E-state index is -3.56. The summed E-state index contributed by atoms with van der Waals surface area (Å²) < 4.78 is 35.4. The molecule has 40 heavy (non-hydrogen) atoms. The highest BCUT2D eigenvalue weighted by atomic mass is 35.5. The molecule has 214 valence electrons. The van der Waals surface area contributed by atoms with E-state index in [1.165, 1.54) is 8.99 Å². The maximum atomic E-state index is 13.6. The molecule has 0 atom stereocenters. The van der Waals surface area contributed by atoms with Gasteiger partial charge in [0.1, 0.15) is 5.69 Å². The van der Waals surface area contributed by atoms with Gasteiger partial charge >= 0.3 is 5.56 Å². The number of nitrogens with one attached hydrogen (secondary N) is 1. The molecule has 0 spiro atoms. The summed E-state index contributed by atoms with van der Waals surface area (Å²) in [6.07, 6.45) is 3.71. The van der Waals surface area contributed by atoms with Gasteiger partial charge in [0, 0.05) is 48.8 Å². The molecular formula is C28H34ClN5O5S. The van der Waals surface area contributed by atoms with Crippen molar-refractivity contribution in [3.63, 3.8) is 0 Å². The van der Waals surface area contributed by atoms with Gasteiger partial charge in [0.2, 0.25) is 15.8 Å². The molecule has 0 amide bonds. The third kappa shape index (κ3) is 6.60. The highest BCUT2D eigenvalue weighted by Gasteiger charge is 2.39. The standard InChI is InChI=1S/C28H34ClN5O5S/c1-28(8-9-28)20-39-26-25(18-31-34(27(26)36)24-7-3-5-22(29)17-24)32-11-13-33(14-12-32)40(37,38)19-21-4-2-6-23(16-21)30-10-15-35/h2-7,16-18,30,35H,8-15,19-20H2,1H3. The maximum absolute atomic E-state index is 13.6. The van der Waals surface area contributed by atoms with E-state index in [1.54, 1.807) is 48.7 Å². The lowest BCUT2D eigenvalue weighted by Crippen LogP contribution is -2.49. The molecule has 2 fully saturated rings. The van der Waals surface area contributed by atoms with Gasteiger partial charge in [-0.15, -0.1) is 0 Å². The van der Waals surface area contributed by atoms with Gasteiger partial charge in [0.05, 0.1) is 30.9 Å². The van der Waals surface area contributed by atoms with Crippen LogP contribution in [0.5, 0.6) is 5.75 Å². The second-order valence-electron chi connectivity index (χ2n) is 10.6. The lowest BCUT2D eigenvalue weighted by atomic mass is 10.2. The lowest BCUT2D eigenvalue weighted by molar-refractivity contribution is 0.242. The van der Waals surface area contributed by atoms with Crippen molar-refractivity contribution in [2.45, 2.75) is 25.5 Å².